The summed E-state index contributed by atoms with van der Waals surface area (Å²) in [7, 11) is 0. The highest BCUT2D eigenvalue weighted by atomic mass is 15.1. The predicted molar refractivity (Wildman–Crippen MR) is 197 cm³/mol. The summed E-state index contributed by atoms with van der Waals surface area (Å²) < 4.78 is 2.30. The SMILES string of the molecule is c1ccc(-c2ccc3c(c2)c2ccccc2c2ccccc2c2cc(-c4ccccc4)ccc2n3-c2cnc3ccccc3n2)cc1. The van der Waals surface area contributed by atoms with Crippen LogP contribution in [0.5, 0.6) is 0 Å². The summed E-state index contributed by atoms with van der Waals surface area (Å²) in [6.45, 7) is 0. The first-order valence-corrected chi connectivity index (χ1v) is 15.9. The molecule has 47 heavy (non-hydrogen) atoms. The Morgan fingerprint density at radius 3 is 1.28 bits per heavy atom. The molecule has 0 saturated carbocycles. The summed E-state index contributed by atoms with van der Waals surface area (Å²) in [5, 5.41) is 6.98. The Labute approximate surface area is 272 Å². The largest absolute Gasteiger partial charge is 0.292 e. The van der Waals surface area contributed by atoms with E-state index in [-0.39, 0.29) is 0 Å². The van der Waals surface area contributed by atoms with Gasteiger partial charge in [-0.15, -0.1) is 0 Å². The predicted octanol–water partition coefficient (Wildman–Crippen LogP) is 11.5. The van der Waals surface area contributed by atoms with E-state index in [2.05, 4.69) is 150 Å². The molecule has 3 nitrogen and oxygen atoms in total. The minimum Gasteiger partial charge on any atom is -0.292 e. The van der Waals surface area contributed by atoms with Crippen LogP contribution in [0, 0.1) is 0 Å². The molecule has 0 unspecified atom stereocenters. The number of benzene rings is 7. The smallest absolute Gasteiger partial charge is 0.156 e. The van der Waals surface area contributed by atoms with Gasteiger partial charge in [0.15, 0.2) is 5.82 Å². The number of nitrogens with zero attached hydrogens (tertiary/aromatic N) is 3. The van der Waals surface area contributed by atoms with Gasteiger partial charge in [-0.25, -0.2) is 4.98 Å². The van der Waals surface area contributed by atoms with Gasteiger partial charge >= 0.3 is 0 Å². The molecule has 0 fully saturated rings. The second-order valence-electron chi connectivity index (χ2n) is 11.8. The third-order valence-corrected chi connectivity index (χ3v) is 9.08. The van der Waals surface area contributed by atoms with Gasteiger partial charge in [-0.2, -0.15) is 0 Å². The van der Waals surface area contributed by atoms with Crippen LogP contribution in [0.2, 0.25) is 0 Å². The molecule has 0 N–H and O–H groups in total. The van der Waals surface area contributed by atoms with Crippen molar-refractivity contribution in [1.82, 2.24) is 14.5 Å². The standard InChI is InChI=1S/C44H29N3/c1-3-13-30(14-4-1)32-23-25-42-38(27-32)36-19-9-7-17-34(36)35-18-8-10-20-37(35)39-28-33(31-15-5-2-6-16-31)24-26-43(39)47(42)44-29-45-40-21-11-12-22-41(40)46-44/h1-29H. The Hall–Kier alpha value is -6.32. The topological polar surface area (TPSA) is 30.7 Å². The minimum absolute atomic E-state index is 0.767. The average Bonchev–Trinajstić information content (AvgIpc) is 3.19. The first-order chi connectivity index (χ1) is 23.3. The Bertz CT molecular complexity index is 2530. The molecule has 0 aliphatic carbocycles. The molecule has 220 valence electrons. The van der Waals surface area contributed by atoms with Crippen LogP contribution in [-0.2, 0) is 0 Å². The summed E-state index contributed by atoms with van der Waals surface area (Å²) in [6, 6.07) is 60.4. The highest BCUT2D eigenvalue weighted by Gasteiger charge is 2.14. The van der Waals surface area contributed by atoms with Crippen LogP contribution in [0.25, 0.3) is 82.5 Å². The summed E-state index contributed by atoms with van der Waals surface area (Å²) in [6.07, 6.45) is 1.90. The molecule has 0 saturated heterocycles. The molecule has 0 bridgehead atoms. The molecule has 9 aromatic rings. The lowest BCUT2D eigenvalue weighted by molar-refractivity contribution is 1.07. The van der Waals surface area contributed by atoms with Crippen LogP contribution in [0.3, 0.4) is 0 Å². The first kappa shape index (κ1) is 27.0. The van der Waals surface area contributed by atoms with Crippen LogP contribution in [0.4, 0.5) is 0 Å². The van der Waals surface area contributed by atoms with Gasteiger partial charge < -0.3 is 0 Å². The van der Waals surface area contributed by atoms with Crippen LogP contribution in [0.15, 0.2) is 176 Å². The van der Waals surface area contributed by atoms with Crippen molar-refractivity contribution < 1.29 is 0 Å². The lowest BCUT2D eigenvalue weighted by Crippen LogP contribution is -2.02. The molecular weight excluding hydrogens is 571 g/mol. The lowest BCUT2D eigenvalue weighted by Gasteiger charge is -2.15. The van der Waals surface area contributed by atoms with Crippen molar-refractivity contribution in [2.45, 2.75) is 0 Å². The van der Waals surface area contributed by atoms with Gasteiger partial charge in [-0.1, -0.05) is 133 Å². The van der Waals surface area contributed by atoms with E-state index in [1.165, 1.54) is 32.7 Å². The van der Waals surface area contributed by atoms with Crippen molar-refractivity contribution in [3.63, 3.8) is 0 Å². The fourth-order valence-electron chi connectivity index (χ4n) is 6.85. The third-order valence-electron chi connectivity index (χ3n) is 9.08. The number of aromatic nitrogens is 3. The third kappa shape index (κ3) is 4.68. The van der Waals surface area contributed by atoms with Crippen molar-refractivity contribution in [2.24, 2.45) is 0 Å². The van der Waals surface area contributed by atoms with Crippen LogP contribution in [0.1, 0.15) is 0 Å². The zero-order chi connectivity index (χ0) is 31.2. The summed E-state index contributed by atoms with van der Waals surface area (Å²) in [5.41, 5.74) is 8.50. The average molecular weight is 600 g/mol. The lowest BCUT2D eigenvalue weighted by atomic mass is 9.98. The van der Waals surface area contributed by atoms with E-state index < -0.39 is 0 Å². The van der Waals surface area contributed by atoms with Gasteiger partial charge in [0.2, 0.25) is 0 Å². The number of hydrogen-bond donors (Lipinski definition) is 0. The van der Waals surface area contributed by atoms with E-state index in [0.717, 1.165) is 49.8 Å². The molecule has 0 amide bonds. The molecule has 0 radical (unpaired) electrons. The van der Waals surface area contributed by atoms with Crippen molar-refractivity contribution >= 4 is 54.4 Å². The maximum Gasteiger partial charge on any atom is 0.156 e. The molecule has 0 atom stereocenters. The zero-order valence-corrected chi connectivity index (χ0v) is 25.6. The second-order valence-corrected chi connectivity index (χ2v) is 11.8. The van der Waals surface area contributed by atoms with Crippen molar-refractivity contribution in [1.29, 1.82) is 0 Å². The summed E-state index contributed by atoms with van der Waals surface area (Å²) >= 11 is 0. The molecule has 0 aliphatic rings. The maximum atomic E-state index is 5.24. The van der Waals surface area contributed by atoms with E-state index in [1.807, 2.05) is 30.5 Å². The Balaban J connectivity index is 1.56. The van der Waals surface area contributed by atoms with Crippen molar-refractivity contribution in [3.8, 4) is 28.1 Å². The normalized spacial score (nSPS) is 11.4. The zero-order valence-electron chi connectivity index (χ0n) is 25.6. The van der Waals surface area contributed by atoms with Gasteiger partial charge in [0.1, 0.15) is 0 Å². The second kappa shape index (κ2) is 11.2. The molecule has 0 spiro atoms. The van der Waals surface area contributed by atoms with Gasteiger partial charge in [0.05, 0.1) is 28.3 Å². The maximum absolute atomic E-state index is 5.24. The Morgan fingerprint density at radius 1 is 0.340 bits per heavy atom. The highest BCUT2D eigenvalue weighted by Crippen LogP contribution is 2.37. The van der Waals surface area contributed by atoms with Gasteiger partial charge in [0.25, 0.3) is 0 Å². The van der Waals surface area contributed by atoms with Crippen LogP contribution < -0.4 is 0 Å². The quantitative estimate of drug-likeness (QED) is 0.202. The minimum atomic E-state index is 0.767. The number of para-hydroxylation sites is 2. The fourth-order valence-corrected chi connectivity index (χ4v) is 6.85. The Morgan fingerprint density at radius 2 is 0.766 bits per heavy atom. The van der Waals surface area contributed by atoms with E-state index >= 15 is 0 Å². The fraction of sp³-hybridized carbons (Fsp3) is 0. The Kier molecular flexibility index (Phi) is 6.46. The first-order valence-electron chi connectivity index (χ1n) is 15.9. The molecule has 2 heterocycles. The van der Waals surface area contributed by atoms with Gasteiger partial charge in [-0.3, -0.25) is 9.55 Å². The van der Waals surface area contributed by atoms with Crippen molar-refractivity contribution in [2.75, 3.05) is 0 Å². The summed E-state index contributed by atoms with van der Waals surface area (Å²) in [5.74, 6) is 0.767. The van der Waals surface area contributed by atoms with E-state index in [4.69, 9.17) is 9.97 Å². The van der Waals surface area contributed by atoms with Gasteiger partial charge in [-0.05, 0) is 80.2 Å². The molecule has 0 aliphatic heterocycles. The molecule has 2 aromatic heterocycles. The van der Waals surface area contributed by atoms with Crippen molar-refractivity contribution in [3.05, 3.63) is 176 Å². The molecule has 9 rings (SSSR count). The van der Waals surface area contributed by atoms with Gasteiger partial charge in [0, 0.05) is 10.8 Å². The molecule has 3 heteroatoms. The van der Waals surface area contributed by atoms with E-state index in [0.29, 0.717) is 0 Å². The van der Waals surface area contributed by atoms with Crippen LogP contribution in [-0.4, -0.2) is 14.5 Å². The number of fused-ring (bicyclic) bond motifs is 8. The number of hydrogen-bond acceptors (Lipinski definition) is 2. The molecule has 7 aromatic carbocycles. The summed E-state index contributed by atoms with van der Waals surface area (Å²) in [4.78, 5) is 10.1. The highest BCUT2D eigenvalue weighted by molar-refractivity contribution is 6.20. The monoisotopic (exact) mass is 599 g/mol. The number of rotatable bonds is 3. The molecular formula is C44H29N3. The van der Waals surface area contributed by atoms with E-state index in [1.54, 1.807) is 0 Å². The van der Waals surface area contributed by atoms with E-state index in [9.17, 15) is 0 Å². The van der Waals surface area contributed by atoms with Crippen LogP contribution >= 0.6 is 0 Å².